The average Bonchev–Trinajstić information content (AvgIpc) is 2.06. The maximum atomic E-state index is 11.6. The van der Waals surface area contributed by atoms with Crippen LogP contribution in [0.2, 0.25) is 0 Å². The average molecular weight is 245 g/mol. The maximum Gasteiger partial charge on any atom is 0.408 e. The monoisotopic (exact) mass is 245 g/mol. The van der Waals surface area contributed by atoms with Crippen LogP contribution < -0.4 is 5.32 Å². The van der Waals surface area contributed by atoms with Gasteiger partial charge in [0.25, 0.3) is 0 Å². The molecular weight excluding hydrogens is 222 g/mol. The van der Waals surface area contributed by atoms with Crippen LogP contribution in [0.1, 0.15) is 41.5 Å². The Hall–Kier alpha value is -0.810. The van der Waals surface area contributed by atoms with Gasteiger partial charge in [0.2, 0.25) is 0 Å². The second kappa shape index (κ2) is 4.82. The highest BCUT2D eigenvalue weighted by Crippen LogP contribution is 2.22. The molecule has 1 heterocycles. The molecule has 1 rings (SSSR count). The molecule has 100 valence electrons. The summed E-state index contributed by atoms with van der Waals surface area (Å²) in [6.45, 7) is 11.5. The van der Waals surface area contributed by atoms with Crippen LogP contribution in [0, 0.1) is 0 Å². The summed E-state index contributed by atoms with van der Waals surface area (Å²) in [6.07, 6.45) is -0.549. The molecule has 0 spiro atoms. The molecule has 0 unspecified atom stereocenters. The highest BCUT2D eigenvalue weighted by atomic mass is 16.7. The third kappa shape index (κ3) is 4.91. The number of carbonyl (C=O) groups excluding carboxylic acids is 1. The fourth-order valence-electron chi connectivity index (χ4n) is 1.61. The Kier molecular flexibility index (Phi) is 4.04. The summed E-state index contributed by atoms with van der Waals surface area (Å²) in [5, 5.41) is 2.75. The van der Waals surface area contributed by atoms with Crippen LogP contribution >= 0.6 is 0 Å². The Balaban J connectivity index is 2.45. The molecule has 5 nitrogen and oxygen atoms in total. The van der Waals surface area contributed by atoms with E-state index < -0.39 is 17.5 Å². The van der Waals surface area contributed by atoms with Crippen molar-refractivity contribution in [2.45, 2.75) is 65.1 Å². The Morgan fingerprint density at radius 3 is 2.47 bits per heavy atom. The third-order valence-electron chi connectivity index (χ3n) is 2.35. The van der Waals surface area contributed by atoms with Gasteiger partial charge in [-0.05, 0) is 41.5 Å². The highest BCUT2D eigenvalue weighted by Gasteiger charge is 2.35. The highest BCUT2D eigenvalue weighted by molar-refractivity contribution is 5.68. The molecule has 17 heavy (non-hydrogen) atoms. The van der Waals surface area contributed by atoms with Crippen LogP contribution in [0.4, 0.5) is 4.79 Å². The number of hydrogen-bond donors (Lipinski definition) is 1. The van der Waals surface area contributed by atoms with Crippen molar-refractivity contribution in [3.8, 4) is 0 Å². The minimum Gasteiger partial charge on any atom is -0.444 e. The van der Waals surface area contributed by atoms with Gasteiger partial charge in [-0.1, -0.05) is 0 Å². The van der Waals surface area contributed by atoms with E-state index >= 15 is 0 Å². The first kappa shape index (κ1) is 14.3. The molecule has 1 aliphatic heterocycles. The molecule has 0 aliphatic carbocycles. The van der Waals surface area contributed by atoms with Crippen LogP contribution in [0.3, 0.4) is 0 Å². The topological polar surface area (TPSA) is 56.8 Å². The summed E-state index contributed by atoms with van der Waals surface area (Å²) in [5.41, 5.74) is -0.497. The lowest BCUT2D eigenvalue weighted by Gasteiger charge is -2.39. The Morgan fingerprint density at radius 2 is 2.00 bits per heavy atom. The first-order chi connectivity index (χ1) is 7.59. The molecule has 1 N–H and O–H groups in total. The van der Waals surface area contributed by atoms with E-state index in [2.05, 4.69) is 5.32 Å². The van der Waals surface area contributed by atoms with Gasteiger partial charge in [0.15, 0.2) is 5.79 Å². The van der Waals surface area contributed by atoms with Crippen molar-refractivity contribution in [2.24, 2.45) is 0 Å². The maximum absolute atomic E-state index is 11.6. The number of hydrogen-bond acceptors (Lipinski definition) is 4. The van der Waals surface area contributed by atoms with Crippen molar-refractivity contribution in [3.63, 3.8) is 0 Å². The summed E-state index contributed by atoms with van der Waals surface area (Å²) in [6, 6.07) is -0.183. The second-order valence-electron chi connectivity index (χ2n) is 5.79. The summed E-state index contributed by atoms with van der Waals surface area (Å²) in [5.74, 6) is -0.592. The molecule has 1 amide bonds. The van der Waals surface area contributed by atoms with Crippen molar-refractivity contribution in [1.82, 2.24) is 5.32 Å². The third-order valence-corrected chi connectivity index (χ3v) is 2.35. The van der Waals surface area contributed by atoms with Crippen LogP contribution in [0.5, 0.6) is 0 Å². The Labute approximate surface area is 103 Å². The van der Waals surface area contributed by atoms with Crippen LogP contribution in [0.15, 0.2) is 0 Å². The smallest absolute Gasteiger partial charge is 0.408 e. The summed E-state index contributed by atoms with van der Waals surface area (Å²) >= 11 is 0. The Bertz CT molecular complexity index is 283. The lowest BCUT2D eigenvalue weighted by atomic mass is 10.1. The van der Waals surface area contributed by atoms with Gasteiger partial charge in [0.05, 0.1) is 18.8 Å². The zero-order chi connectivity index (χ0) is 13.3. The number of rotatable bonds is 1. The fraction of sp³-hybridized carbons (Fsp3) is 0.917. The van der Waals surface area contributed by atoms with Gasteiger partial charge < -0.3 is 19.5 Å². The van der Waals surface area contributed by atoms with Crippen molar-refractivity contribution in [1.29, 1.82) is 0 Å². The molecule has 1 saturated heterocycles. The predicted molar refractivity (Wildman–Crippen MR) is 63.7 cm³/mol. The van der Waals surface area contributed by atoms with E-state index in [-0.39, 0.29) is 12.1 Å². The van der Waals surface area contributed by atoms with Gasteiger partial charge >= 0.3 is 6.09 Å². The lowest BCUT2D eigenvalue weighted by Crippen LogP contribution is -2.55. The summed E-state index contributed by atoms with van der Waals surface area (Å²) < 4.78 is 16.3. The lowest BCUT2D eigenvalue weighted by molar-refractivity contribution is -0.277. The van der Waals surface area contributed by atoms with Gasteiger partial charge in [0.1, 0.15) is 5.60 Å². The molecule has 0 aromatic heterocycles. The molecule has 1 fully saturated rings. The minimum absolute atomic E-state index is 0.105. The normalized spacial score (nSPS) is 28.6. The van der Waals surface area contributed by atoms with E-state index in [0.29, 0.717) is 6.61 Å². The predicted octanol–water partition coefficient (Wildman–Crippen LogP) is 2.05. The summed E-state index contributed by atoms with van der Waals surface area (Å²) in [4.78, 5) is 11.6. The van der Waals surface area contributed by atoms with Crippen molar-refractivity contribution < 1.29 is 19.0 Å². The first-order valence-corrected chi connectivity index (χ1v) is 5.90. The zero-order valence-electron chi connectivity index (χ0n) is 11.5. The van der Waals surface area contributed by atoms with E-state index in [4.69, 9.17) is 14.2 Å². The number of alkyl carbamates (subject to hydrolysis) is 1. The SMILES string of the molecule is C[C@@H]1OC(C)(C)OC[C@H]1NC(=O)OC(C)(C)C. The van der Waals surface area contributed by atoms with Gasteiger partial charge in [0, 0.05) is 0 Å². The first-order valence-electron chi connectivity index (χ1n) is 5.90. The largest absolute Gasteiger partial charge is 0.444 e. The second-order valence-corrected chi connectivity index (χ2v) is 5.79. The zero-order valence-corrected chi connectivity index (χ0v) is 11.5. The number of nitrogens with one attached hydrogen (secondary N) is 1. The quantitative estimate of drug-likeness (QED) is 0.768. The van der Waals surface area contributed by atoms with Crippen molar-refractivity contribution >= 4 is 6.09 Å². The number of amides is 1. The molecule has 0 aromatic carbocycles. The summed E-state index contributed by atoms with van der Waals surface area (Å²) in [7, 11) is 0. The number of carbonyl (C=O) groups is 1. The fourth-order valence-corrected chi connectivity index (χ4v) is 1.61. The van der Waals surface area contributed by atoms with Crippen LogP contribution in [-0.4, -0.2) is 36.2 Å². The van der Waals surface area contributed by atoms with Crippen molar-refractivity contribution in [3.05, 3.63) is 0 Å². The van der Waals surface area contributed by atoms with E-state index in [1.54, 1.807) is 0 Å². The molecule has 0 bridgehead atoms. The van der Waals surface area contributed by atoms with E-state index in [1.807, 2.05) is 41.5 Å². The molecule has 5 heteroatoms. The van der Waals surface area contributed by atoms with Gasteiger partial charge in [-0.25, -0.2) is 4.79 Å². The van der Waals surface area contributed by atoms with Gasteiger partial charge in [-0.3, -0.25) is 0 Å². The molecule has 0 aromatic rings. The molecule has 0 radical (unpaired) electrons. The van der Waals surface area contributed by atoms with Gasteiger partial charge in [-0.2, -0.15) is 0 Å². The molecule has 2 atom stereocenters. The number of ether oxygens (including phenoxy) is 3. The van der Waals surface area contributed by atoms with E-state index in [1.165, 1.54) is 0 Å². The minimum atomic E-state index is -0.592. The standard InChI is InChI=1S/C12H23NO4/c1-8-9(7-15-12(5,6)16-8)13-10(14)17-11(2,3)4/h8-9H,7H2,1-6H3,(H,13,14)/t8-,9+/m0/s1. The molecule has 0 saturated carbocycles. The molecule has 1 aliphatic rings. The van der Waals surface area contributed by atoms with Crippen LogP contribution in [-0.2, 0) is 14.2 Å². The van der Waals surface area contributed by atoms with Gasteiger partial charge in [-0.15, -0.1) is 0 Å². The van der Waals surface area contributed by atoms with E-state index in [0.717, 1.165) is 0 Å². The Morgan fingerprint density at radius 1 is 1.41 bits per heavy atom. The van der Waals surface area contributed by atoms with E-state index in [9.17, 15) is 4.79 Å². The van der Waals surface area contributed by atoms with Crippen molar-refractivity contribution in [2.75, 3.05) is 6.61 Å². The molecular formula is C12H23NO4. The van der Waals surface area contributed by atoms with Crippen LogP contribution in [0.25, 0.3) is 0 Å².